The van der Waals surface area contributed by atoms with Gasteiger partial charge >= 0.3 is 0 Å². The van der Waals surface area contributed by atoms with Gasteiger partial charge in [-0.1, -0.05) is 29.3 Å². The highest BCUT2D eigenvalue weighted by Gasteiger charge is 2.18. The summed E-state index contributed by atoms with van der Waals surface area (Å²) < 4.78 is 5.24. The van der Waals surface area contributed by atoms with Crippen LogP contribution in [0.25, 0.3) is 22.0 Å². The fraction of sp³-hybridized carbons (Fsp3) is 0.235. The largest absolute Gasteiger partial charge is 0.472 e. The first-order valence-corrected chi connectivity index (χ1v) is 8.06. The molecule has 1 aliphatic rings. The van der Waals surface area contributed by atoms with E-state index < -0.39 is 0 Å². The van der Waals surface area contributed by atoms with Crippen molar-refractivity contribution in [2.24, 2.45) is 0 Å². The maximum absolute atomic E-state index is 6.40. The highest BCUT2D eigenvalue weighted by atomic mass is 35.5. The topological polar surface area (TPSA) is 29.3 Å². The van der Waals surface area contributed by atoms with Crippen molar-refractivity contribution < 1.29 is 4.42 Å². The lowest BCUT2D eigenvalue weighted by molar-refractivity contribution is 0.568. The van der Waals surface area contributed by atoms with Crippen LogP contribution in [0.3, 0.4) is 0 Å². The lowest BCUT2D eigenvalue weighted by Gasteiger charge is -2.19. The smallest absolute Gasteiger partial charge is 0.129 e. The number of fused-ring (bicyclic) bond motifs is 1. The molecular formula is C17H14Cl2N2O. The minimum Gasteiger partial charge on any atom is -0.472 e. The van der Waals surface area contributed by atoms with E-state index in [0.717, 1.165) is 40.9 Å². The Labute approximate surface area is 138 Å². The molecule has 0 atom stereocenters. The molecule has 0 amide bonds. The standard InChI is InChI=1S/C17H14Cl2N2O/c18-14-4-3-12-13(11-5-8-22-10-11)9-15(20-17(12)16(14)19)21-6-1-2-7-21/h3-5,8-10H,1-2,6-7H2. The Morgan fingerprint density at radius 3 is 2.64 bits per heavy atom. The van der Waals surface area contributed by atoms with Crippen molar-refractivity contribution >= 4 is 39.9 Å². The number of furan rings is 1. The SMILES string of the molecule is Clc1ccc2c(-c3ccoc3)cc(N3CCCC3)nc2c1Cl. The van der Waals surface area contributed by atoms with Gasteiger partial charge in [0.25, 0.3) is 0 Å². The van der Waals surface area contributed by atoms with Gasteiger partial charge in [0, 0.05) is 24.0 Å². The van der Waals surface area contributed by atoms with Crippen LogP contribution in [0.2, 0.25) is 10.0 Å². The van der Waals surface area contributed by atoms with Gasteiger partial charge in [-0.2, -0.15) is 0 Å². The summed E-state index contributed by atoms with van der Waals surface area (Å²) in [6.07, 6.45) is 5.81. The fourth-order valence-corrected chi connectivity index (χ4v) is 3.34. The molecular weight excluding hydrogens is 319 g/mol. The number of halogens is 2. The summed E-state index contributed by atoms with van der Waals surface area (Å²) in [5.41, 5.74) is 2.83. The van der Waals surface area contributed by atoms with Gasteiger partial charge in [-0.25, -0.2) is 4.98 Å². The van der Waals surface area contributed by atoms with Crippen molar-refractivity contribution in [3.05, 3.63) is 46.8 Å². The number of benzene rings is 1. The molecule has 0 saturated carbocycles. The summed E-state index contributed by atoms with van der Waals surface area (Å²) in [5.74, 6) is 0.949. The van der Waals surface area contributed by atoms with E-state index in [4.69, 9.17) is 32.6 Å². The zero-order chi connectivity index (χ0) is 15.1. The Balaban J connectivity index is 2.01. The van der Waals surface area contributed by atoms with Crippen molar-refractivity contribution in [2.45, 2.75) is 12.8 Å². The van der Waals surface area contributed by atoms with Crippen LogP contribution in [-0.2, 0) is 0 Å². The Kier molecular flexibility index (Phi) is 3.47. The number of hydrogen-bond acceptors (Lipinski definition) is 3. The molecule has 1 fully saturated rings. The summed E-state index contributed by atoms with van der Waals surface area (Å²) in [7, 11) is 0. The molecule has 0 radical (unpaired) electrons. The van der Waals surface area contributed by atoms with Crippen LogP contribution in [0.4, 0.5) is 5.82 Å². The number of hydrogen-bond donors (Lipinski definition) is 0. The third kappa shape index (κ3) is 2.25. The van der Waals surface area contributed by atoms with Crippen LogP contribution in [-0.4, -0.2) is 18.1 Å². The summed E-state index contributed by atoms with van der Waals surface area (Å²) in [6.45, 7) is 2.06. The predicted molar refractivity (Wildman–Crippen MR) is 90.9 cm³/mol. The summed E-state index contributed by atoms with van der Waals surface area (Å²) >= 11 is 12.6. The number of rotatable bonds is 2. The second-order valence-electron chi connectivity index (χ2n) is 5.49. The maximum atomic E-state index is 6.40. The highest BCUT2D eigenvalue weighted by Crippen LogP contribution is 2.38. The van der Waals surface area contributed by atoms with Gasteiger partial charge in [-0.15, -0.1) is 0 Å². The van der Waals surface area contributed by atoms with E-state index in [2.05, 4.69) is 11.0 Å². The molecule has 2 aromatic heterocycles. The molecule has 0 aliphatic carbocycles. The van der Waals surface area contributed by atoms with E-state index in [0.29, 0.717) is 10.0 Å². The number of anilines is 1. The van der Waals surface area contributed by atoms with Gasteiger partial charge in [0.2, 0.25) is 0 Å². The van der Waals surface area contributed by atoms with Crippen LogP contribution < -0.4 is 4.90 Å². The van der Waals surface area contributed by atoms with Crippen LogP contribution in [0.5, 0.6) is 0 Å². The lowest BCUT2D eigenvalue weighted by Crippen LogP contribution is -2.19. The first kappa shape index (κ1) is 13.9. The van der Waals surface area contributed by atoms with Gasteiger partial charge in [-0.05, 0) is 36.6 Å². The molecule has 0 N–H and O–H groups in total. The molecule has 3 aromatic rings. The molecule has 0 bridgehead atoms. The molecule has 1 aliphatic heterocycles. The molecule has 1 saturated heterocycles. The molecule has 112 valence electrons. The average Bonchev–Trinajstić information content (AvgIpc) is 3.23. The first-order chi connectivity index (χ1) is 10.7. The quantitative estimate of drug-likeness (QED) is 0.629. The Hall–Kier alpha value is -1.71. The first-order valence-electron chi connectivity index (χ1n) is 7.30. The lowest BCUT2D eigenvalue weighted by atomic mass is 10.0. The summed E-state index contributed by atoms with van der Waals surface area (Å²) in [4.78, 5) is 7.06. The third-order valence-electron chi connectivity index (χ3n) is 4.12. The molecule has 0 unspecified atom stereocenters. The summed E-state index contributed by atoms with van der Waals surface area (Å²) in [6, 6.07) is 7.84. The van der Waals surface area contributed by atoms with Crippen LogP contribution in [0.1, 0.15) is 12.8 Å². The van der Waals surface area contributed by atoms with E-state index in [9.17, 15) is 0 Å². The van der Waals surface area contributed by atoms with E-state index in [1.165, 1.54) is 12.8 Å². The second kappa shape index (κ2) is 5.49. The third-order valence-corrected chi connectivity index (χ3v) is 4.92. The Morgan fingerprint density at radius 1 is 1.09 bits per heavy atom. The monoisotopic (exact) mass is 332 g/mol. The van der Waals surface area contributed by atoms with E-state index in [-0.39, 0.29) is 0 Å². The van der Waals surface area contributed by atoms with Gasteiger partial charge in [-0.3, -0.25) is 0 Å². The number of pyridine rings is 1. The normalized spacial score (nSPS) is 14.9. The van der Waals surface area contributed by atoms with Gasteiger partial charge < -0.3 is 9.32 Å². The van der Waals surface area contributed by atoms with Crippen molar-refractivity contribution in [1.82, 2.24) is 4.98 Å². The van der Waals surface area contributed by atoms with Crippen molar-refractivity contribution in [2.75, 3.05) is 18.0 Å². The van der Waals surface area contributed by atoms with E-state index in [1.54, 1.807) is 12.5 Å². The Bertz CT molecular complexity index is 824. The van der Waals surface area contributed by atoms with Gasteiger partial charge in [0.1, 0.15) is 5.82 Å². The van der Waals surface area contributed by atoms with E-state index in [1.807, 2.05) is 18.2 Å². The minimum absolute atomic E-state index is 0.505. The van der Waals surface area contributed by atoms with Crippen molar-refractivity contribution in [3.63, 3.8) is 0 Å². The molecule has 0 spiro atoms. The van der Waals surface area contributed by atoms with E-state index >= 15 is 0 Å². The zero-order valence-corrected chi connectivity index (χ0v) is 13.4. The fourth-order valence-electron chi connectivity index (χ4n) is 2.99. The Morgan fingerprint density at radius 2 is 1.91 bits per heavy atom. The van der Waals surface area contributed by atoms with Crippen LogP contribution in [0, 0.1) is 0 Å². The van der Waals surface area contributed by atoms with Gasteiger partial charge in [0.15, 0.2) is 0 Å². The molecule has 1 aromatic carbocycles. The minimum atomic E-state index is 0.505. The highest BCUT2D eigenvalue weighted by molar-refractivity contribution is 6.45. The molecule has 5 heteroatoms. The van der Waals surface area contributed by atoms with Crippen molar-refractivity contribution in [3.8, 4) is 11.1 Å². The predicted octanol–water partition coefficient (Wildman–Crippen LogP) is 5.40. The maximum Gasteiger partial charge on any atom is 0.129 e. The second-order valence-corrected chi connectivity index (χ2v) is 6.28. The summed E-state index contributed by atoms with van der Waals surface area (Å²) in [5, 5.41) is 2.02. The zero-order valence-electron chi connectivity index (χ0n) is 11.9. The van der Waals surface area contributed by atoms with Crippen LogP contribution >= 0.6 is 23.2 Å². The van der Waals surface area contributed by atoms with Crippen LogP contribution in [0.15, 0.2) is 41.2 Å². The van der Waals surface area contributed by atoms with Gasteiger partial charge in [0.05, 0.1) is 28.1 Å². The molecule has 3 nitrogen and oxygen atoms in total. The molecule has 22 heavy (non-hydrogen) atoms. The number of aromatic nitrogens is 1. The molecule has 4 rings (SSSR count). The van der Waals surface area contributed by atoms with Crippen molar-refractivity contribution in [1.29, 1.82) is 0 Å². The average molecular weight is 333 g/mol. The molecule has 3 heterocycles. The number of nitrogens with zero attached hydrogens (tertiary/aromatic N) is 2.